The van der Waals surface area contributed by atoms with Crippen molar-refractivity contribution in [3.05, 3.63) is 12.2 Å². The molecule has 0 spiro atoms. The Morgan fingerprint density at radius 1 is 1.67 bits per heavy atom. The summed E-state index contributed by atoms with van der Waals surface area (Å²) < 4.78 is 0. The first kappa shape index (κ1) is 9.05. The summed E-state index contributed by atoms with van der Waals surface area (Å²) in [5.74, 6) is 0. The van der Waals surface area contributed by atoms with Crippen LogP contribution in [0.25, 0.3) is 0 Å². The number of allylic oxidation sites excluding steroid dienone is 2. The van der Waals surface area contributed by atoms with Crippen molar-refractivity contribution in [1.29, 1.82) is 0 Å². The van der Waals surface area contributed by atoms with Gasteiger partial charge >= 0.3 is 0 Å². The highest BCUT2D eigenvalue weighted by molar-refractivity contribution is 7.81. The highest BCUT2D eigenvalue weighted by atomic mass is 35.5. The molecule has 3 heteroatoms. The van der Waals surface area contributed by atoms with Gasteiger partial charge in [0.25, 0.3) is 0 Å². The average Bonchev–Trinajstić information content (AvgIpc) is 1.87. The molecule has 2 atom stereocenters. The molecule has 0 fully saturated rings. The molecule has 52 valence electrons. The molecule has 0 saturated carbocycles. The number of thiol groups is 1. The molecule has 9 heavy (non-hydrogen) atoms. The van der Waals surface area contributed by atoms with Crippen LogP contribution in [0.5, 0.6) is 0 Å². The van der Waals surface area contributed by atoms with Crippen LogP contribution in [0.3, 0.4) is 0 Å². The fourth-order valence-electron chi connectivity index (χ4n) is 0.373. The predicted molar refractivity (Wildman–Crippen MR) is 43.3 cm³/mol. The van der Waals surface area contributed by atoms with Crippen LogP contribution in [-0.2, 0) is 4.79 Å². The van der Waals surface area contributed by atoms with Gasteiger partial charge in [0.2, 0.25) is 0 Å². The van der Waals surface area contributed by atoms with E-state index in [0.717, 1.165) is 6.29 Å². The Morgan fingerprint density at radius 3 is 2.56 bits per heavy atom. The largest absolute Gasteiger partial charge is 0.302 e. The summed E-state index contributed by atoms with van der Waals surface area (Å²) in [6.45, 7) is 1.85. The molecule has 0 aliphatic heterocycles. The number of hydrogen-bond acceptors (Lipinski definition) is 2. The molecule has 0 aromatic rings. The summed E-state index contributed by atoms with van der Waals surface area (Å²) >= 11 is 9.54. The predicted octanol–water partition coefficient (Wildman–Crippen LogP) is 1.67. The minimum Gasteiger partial charge on any atom is -0.302 e. The van der Waals surface area contributed by atoms with Crippen molar-refractivity contribution in [2.75, 3.05) is 0 Å². The van der Waals surface area contributed by atoms with Crippen LogP contribution in [0.15, 0.2) is 12.2 Å². The van der Waals surface area contributed by atoms with E-state index in [1.54, 1.807) is 12.2 Å². The van der Waals surface area contributed by atoms with Crippen molar-refractivity contribution in [1.82, 2.24) is 0 Å². The van der Waals surface area contributed by atoms with Gasteiger partial charge in [-0.15, -0.1) is 11.6 Å². The molecule has 0 aliphatic carbocycles. The van der Waals surface area contributed by atoms with Gasteiger partial charge in [-0.1, -0.05) is 12.2 Å². The Kier molecular flexibility index (Phi) is 4.91. The van der Waals surface area contributed by atoms with Gasteiger partial charge in [0.15, 0.2) is 0 Å². The average molecular weight is 165 g/mol. The van der Waals surface area contributed by atoms with E-state index in [1.165, 1.54) is 0 Å². The van der Waals surface area contributed by atoms with Gasteiger partial charge in [-0.2, -0.15) is 12.6 Å². The van der Waals surface area contributed by atoms with Crippen LogP contribution in [-0.4, -0.2) is 16.9 Å². The zero-order valence-electron chi connectivity index (χ0n) is 5.12. The van der Waals surface area contributed by atoms with Gasteiger partial charge in [-0.05, 0) is 6.92 Å². The summed E-state index contributed by atoms with van der Waals surface area (Å²) in [6.07, 6.45) is 4.25. The lowest BCUT2D eigenvalue weighted by molar-refractivity contribution is -0.107. The van der Waals surface area contributed by atoms with Crippen molar-refractivity contribution in [3.8, 4) is 0 Å². The molecule has 0 amide bonds. The van der Waals surface area contributed by atoms with Gasteiger partial charge in [0, 0.05) is 0 Å². The van der Waals surface area contributed by atoms with E-state index in [-0.39, 0.29) is 10.6 Å². The summed E-state index contributed by atoms with van der Waals surface area (Å²) in [6, 6.07) is 0. The number of alkyl halides is 1. The Bertz CT molecular complexity index is 114. The normalized spacial score (nSPS) is 17.7. The van der Waals surface area contributed by atoms with Crippen molar-refractivity contribution in [3.63, 3.8) is 0 Å². The van der Waals surface area contributed by atoms with Crippen LogP contribution in [0.2, 0.25) is 0 Å². The van der Waals surface area contributed by atoms with E-state index in [2.05, 4.69) is 12.6 Å². The summed E-state index contributed by atoms with van der Waals surface area (Å²) in [7, 11) is 0. The number of carbonyl (C=O) groups excluding carboxylic acids is 1. The summed E-state index contributed by atoms with van der Waals surface area (Å²) in [4.78, 5) is 10.0. The smallest absolute Gasteiger partial charge is 0.134 e. The van der Waals surface area contributed by atoms with Crippen LogP contribution < -0.4 is 0 Å². The van der Waals surface area contributed by atoms with Gasteiger partial charge in [-0.25, -0.2) is 0 Å². The lowest BCUT2D eigenvalue weighted by Crippen LogP contribution is -2.13. The molecule has 0 bridgehead atoms. The van der Waals surface area contributed by atoms with Gasteiger partial charge in [0.1, 0.15) is 6.29 Å². The minimum atomic E-state index is -0.386. The summed E-state index contributed by atoms with van der Waals surface area (Å²) in [5.41, 5.74) is 0. The maximum Gasteiger partial charge on any atom is 0.134 e. The van der Waals surface area contributed by atoms with Crippen LogP contribution in [0, 0.1) is 0 Å². The number of rotatable bonds is 3. The van der Waals surface area contributed by atoms with Crippen molar-refractivity contribution < 1.29 is 4.79 Å². The van der Waals surface area contributed by atoms with Crippen LogP contribution in [0.1, 0.15) is 6.92 Å². The lowest BCUT2D eigenvalue weighted by atomic mass is 10.3. The molecule has 0 heterocycles. The molecule has 2 unspecified atom stereocenters. The zero-order chi connectivity index (χ0) is 7.28. The van der Waals surface area contributed by atoms with Crippen LogP contribution >= 0.6 is 24.2 Å². The third-order valence-electron chi connectivity index (χ3n) is 0.842. The molecule has 0 aromatic heterocycles. The second-order valence-electron chi connectivity index (χ2n) is 1.60. The Morgan fingerprint density at radius 2 is 2.22 bits per heavy atom. The molecule has 0 aliphatic rings. The van der Waals surface area contributed by atoms with E-state index in [4.69, 9.17) is 11.6 Å². The number of carbonyl (C=O) groups is 1. The van der Waals surface area contributed by atoms with Crippen molar-refractivity contribution in [2.24, 2.45) is 0 Å². The fourth-order valence-corrected chi connectivity index (χ4v) is 0.677. The third kappa shape index (κ3) is 3.60. The molecule has 0 saturated heterocycles. The molecule has 1 nitrogen and oxygen atoms in total. The quantitative estimate of drug-likeness (QED) is 0.291. The second kappa shape index (κ2) is 4.89. The molecule has 0 radical (unpaired) electrons. The van der Waals surface area contributed by atoms with Crippen molar-refractivity contribution >= 4 is 30.5 Å². The standard InChI is InChI=1S/C6H9ClOS/c1-2-3-5(7)6(9)4-8/h2-6,9H,1H3/b3-2+. The molecular formula is C6H9ClOS. The lowest BCUT2D eigenvalue weighted by Gasteiger charge is -2.03. The third-order valence-corrected chi connectivity index (χ3v) is 1.88. The first-order valence-corrected chi connectivity index (χ1v) is 3.58. The zero-order valence-corrected chi connectivity index (χ0v) is 6.77. The molecule has 0 rings (SSSR count). The number of hydrogen-bond donors (Lipinski definition) is 1. The Hall–Kier alpha value is 0.0500. The van der Waals surface area contributed by atoms with Crippen molar-refractivity contribution in [2.45, 2.75) is 17.6 Å². The first-order valence-electron chi connectivity index (χ1n) is 2.62. The fraction of sp³-hybridized carbons (Fsp3) is 0.500. The monoisotopic (exact) mass is 164 g/mol. The Labute approximate surface area is 65.5 Å². The maximum absolute atomic E-state index is 10.0. The minimum absolute atomic E-state index is 0.282. The number of aldehydes is 1. The highest BCUT2D eigenvalue weighted by Gasteiger charge is 2.08. The van der Waals surface area contributed by atoms with E-state index in [9.17, 15) is 4.79 Å². The SMILES string of the molecule is C/C=C/C(Cl)C(S)C=O. The van der Waals surface area contributed by atoms with E-state index in [1.807, 2.05) is 6.92 Å². The van der Waals surface area contributed by atoms with Crippen LogP contribution in [0.4, 0.5) is 0 Å². The number of halogens is 1. The Balaban J connectivity index is 3.71. The second-order valence-corrected chi connectivity index (χ2v) is 2.70. The first-order chi connectivity index (χ1) is 4.22. The van der Waals surface area contributed by atoms with E-state index >= 15 is 0 Å². The summed E-state index contributed by atoms with van der Waals surface area (Å²) in [5, 5.41) is -0.668. The van der Waals surface area contributed by atoms with Gasteiger partial charge < -0.3 is 4.79 Å². The maximum atomic E-state index is 10.0. The molecule has 0 aromatic carbocycles. The van der Waals surface area contributed by atoms with Gasteiger partial charge in [0.05, 0.1) is 10.6 Å². The topological polar surface area (TPSA) is 17.1 Å². The molecular weight excluding hydrogens is 156 g/mol. The van der Waals surface area contributed by atoms with Gasteiger partial charge in [-0.3, -0.25) is 0 Å². The highest BCUT2D eigenvalue weighted by Crippen LogP contribution is 2.07. The van der Waals surface area contributed by atoms with E-state index < -0.39 is 0 Å². The molecule has 0 N–H and O–H groups in total. The van der Waals surface area contributed by atoms with E-state index in [0.29, 0.717) is 0 Å².